The number of anilines is 2. The van der Waals surface area contributed by atoms with Crippen LogP contribution in [0.3, 0.4) is 0 Å². The third kappa shape index (κ3) is 2.01. The number of ether oxygens (including phenoxy) is 2. The molecule has 0 spiro atoms. The third-order valence-electron chi connectivity index (χ3n) is 5.32. The Morgan fingerprint density at radius 2 is 1.77 bits per heavy atom. The number of piperidine rings is 1. The molecule has 0 aromatic carbocycles. The Morgan fingerprint density at radius 1 is 1.09 bits per heavy atom. The van der Waals surface area contributed by atoms with Crippen LogP contribution in [0.15, 0.2) is 6.07 Å². The van der Waals surface area contributed by atoms with Gasteiger partial charge in [0.2, 0.25) is 0 Å². The largest absolute Gasteiger partial charge is 0.377 e. The minimum Gasteiger partial charge on any atom is -0.377 e. The standard InChI is InChI=1S/C15H19ClN4O2/c16-15-13(20-9-1-2-10(20)8-21-7-9)4-14(17-18-15)19-5-11-3-12(6-19)22-11/h4,9-12H,1-3,5-8H2. The Bertz CT molecular complexity index is 569. The fraction of sp³-hybridized carbons (Fsp3) is 0.733. The van der Waals surface area contributed by atoms with Crippen molar-refractivity contribution in [3.8, 4) is 0 Å². The van der Waals surface area contributed by atoms with Crippen molar-refractivity contribution >= 4 is 23.1 Å². The monoisotopic (exact) mass is 322 g/mol. The highest BCUT2D eigenvalue weighted by molar-refractivity contribution is 6.32. The highest BCUT2D eigenvalue weighted by atomic mass is 35.5. The molecule has 6 rings (SSSR count). The maximum absolute atomic E-state index is 6.37. The average molecular weight is 323 g/mol. The fourth-order valence-electron chi connectivity index (χ4n) is 4.26. The van der Waals surface area contributed by atoms with Crippen molar-refractivity contribution in [3.63, 3.8) is 0 Å². The Balaban J connectivity index is 1.46. The highest BCUT2D eigenvalue weighted by Gasteiger charge is 2.41. The smallest absolute Gasteiger partial charge is 0.175 e. The van der Waals surface area contributed by atoms with Crippen molar-refractivity contribution in [3.05, 3.63) is 11.2 Å². The normalized spacial score (nSPS) is 36.4. The van der Waals surface area contributed by atoms with Crippen molar-refractivity contribution in [2.45, 2.75) is 43.6 Å². The summed E-state index contributed by atoms with van der Waals surface area (Å²) >= 11 is 6.37. The minimum absolute atomic E-state index is 0.360. The molecule has 5 aliphatic rings. The molecule has 1 aromatic heterocycles. The molecule has 0 amide bonds. The second kappa shape index (κ2) is 4.94. The number of nitrogens with zero attached hydrogens (tertiary/aromatic N) is 4. The lowest BCUT2D eigenvalue weighted by atomic mass is 9.99. The van der Waals surface area contributed by atoms with E-state index < -0.39 is 0 Å². The second-order valence-electron chi connectivity index (χ2n) is 6.73. The summed E-state index contributed by atoms with van der Waals surface area (Å²) in [7, 11) is 0. The van der Waals surface area contributed by atoms with Crippen LogP contribution in [0.25, 0.3) is 0 Å². The molecule has 5 saturated heterocycles. The van der Waals surface area contributed by atoms with Gasteiger partial charge in [0.05, 0.1) is 43.2 Å². The zero-order chi connectivity index (χ0) is 14.7. The summed E-state index contributed by atoms with van der Waals surface area (Å²) in [4.78, 5) is 4.68. The Morgan fingerprint density at radius 3 is 2.45 bits per heavy atom. The lowest BCUT2D eigenvalue weighted by Gasteiger charge is -2.47. The lowest BCUT2D eigenvalue weighted by molar-refractivity contribution is -0.133. The maximum Gasteiger partial charge on any atom is 0.175 e. The first-order valence-electron chi connectivity index (χ1n) is 8.07. The fourth-order valence-corrected chi connectivity index (χ4v) is 4.45. The number of hydrogen-bond donors (Lipinski definition) is 0. The van der Waals surface area contributed by atoms with Crippen LogP contribution in [0.2, 0.25) is 5.15 Å². The Labute approximate surface area is 134 Å². The molecule has 0 saturated carbocycles. The van der Waals surface area contributed by atoms with E-state index in [-0.39, 0.29) is 0 Å². The Kier molecular flexibility index (Phi) is 3.00. The number of rotatable bonds is 2. The van der Waals surface area contributed by atoms with Gasteiger partial charge in [0.15, 0.2) is 11.0 Å². The highest BCUT2D eigenvalue weighted by Crippen LogP contribution is 2.39. The van der Waals surface area contributed by atoms with Crippen molar-refractivity contribution < 1.29 is 9.47 Å². The zero-order valence-corrected chi connectivity index (χ0v) is 13.1. The van der Waals surface area contributed by atoms with Crippen LogP contribution in [-0.2, 0) is 9.47 Å². The van der Waals surface area contributed by atoms with Crippen LogP contribution in [0, 0.1) is 0 Å². The molecule has 0 aliphatic carbocycles. The summed E-state index contributed by atoms with van der Waals surface area (Å²) in [5.74, 6) is 0.920. The summed E-state index contributed by atoms with van der Waals surface area (Å²) in [5, 5.41) is 9.03. The predicted octanol–water partition coefficient (Wildman–Crippen LogP) is 1.48. The van der Waals surface area contributed by atoms with Crippen LogP contribution in [-0.4, -0.2) is 60.8 Å². The summed E-state index contributed by atoms with van der Waals surface area (Å²) in [6.45, 7) is 3.38. The number of morpholine rings is 2. The van der Waals surface area contributed by atoms with Gasteiger partial charge in [-0.05, 0) is 12.8 Å². The van der Waals surface area contributed by atoms with Gasteiger partial charge in [0.1, 0.15) is 0 Å². The van der Waals surface area contributed by atoms with Crippen molar-refractivity contribution in [2.75, 3.05) is 36.1 Å². The summed E-state index contributed by atoms with van der Waals surface area (Å²) in [6, 6.07) is 2.95. The van der Waals surface area contributed by atoms with E-state index in [1.165, 1.54) is 19.3 Å². The van der Waals surface area contributed by atoms with Gasteiger partial charge in [0, 0.05) is 25.6 Å². The molecular formula is C15H19ClN4O2. The minimum atomic E-state index is 0.360. The molecule has 0 N–H and O–H groups in total. The van der Waals surface area contributed by atoms with Gasteiger partial charge >= 0.3 is 0 Å². The van der Waals surface area contributed by atoms with E-state index in [2.05, 4.69) is 26.1 Å². The summed E-state index contributed by atoms with van der Waals surface area (Å²) in [5.41, 5.74) is 1.02. The van der Waals surface area contributed by atoms with Crippen molar-refractivity contribution in [1.29, 1.82) is 0 Å². The number of fused-ring (bicyclic) bond motifs is 4. The SMILES string of the molecule is Clc1nnc(N2CC3CC(C2)O3)cc1N1C2CCC1COC2. The molecule has 4 atom stereocenters. The molecule has 7 heteroatoms. The molecule has 4 bridgehead atoms. The van der Waals surface area contributed by atoms with E-state index in [0.29, 0.717) is 29.4 Å². The Hall–Kier alpha value is -1.11. The first kappa shape index (κ1) is 13.3. The van der Waals surface area contributed by atoms with Gasteiger partial charge in [-0.15, -0.1) is 10.2 Å². The van der Waals surface area contributed by atoms with Crippen molar-refractivity contribution in [2.24, 2.45) is 0 Å². The quantitative estimate of drug-likeness (QED) is 0.822. The molecule has 118 valence electrons. The van der Waals surface area contributed by atoms with Gasteiger partial charge < -0.3 is 19.3 Å². The lowest BCUT2D eigenvalue weighted by Crippen LogP contribution is -2.57. The average Bonchev–Trinajstić information content (AvgIpc) is 2.76. The second-order valence-corrected chi connectivity index (χ2v) is 7.09. The number of hydrogen-bond acceptors (Lipinski definition) is 6. The van der Waals surface area contributed by atoms with E-state index in [0.717, 1.165) is 37.8 Å². The van der Waals surface area contributed by atoms with Gasteiger partial charge in [0.25, 0.3) is 0 Å². The first-order chi connectivity index (χ1) is 10.8. The van der Waals surface area contributed by atoms with Crippen LogP contribution in [0.4, 0.5) is 11.5 Å². The van der Waals surface area contributed by atoms with E-state index in [1.54, 1.807) is 0 Å². The molecule has 5 fully saturated rings. The molecular weight excluding hydrogens is 304 g/mol. The van der Waals surface area contributed by atoms with Gasteiger partial charge in [-0.2, -0.15) is 0 Å². The predicted molar refractivity (Wildman–Crippen MR) is 82.6 cm³/mol. The van der Waals surface area contributed by atoms with Crippen molar-refractivity contribution in [1.82, 2.24) is 10.2 Å². The van der Waals surface area contributed by atoms with Crippen LogP contribution < -0.4 is 9.80 Å². The van der Waals surface area contributed by atoms with Crippen LogP contribution in [0.5, 0.6) is 0 Å². The van der Waals surface area contributed by atoms with E-state index >= 15 is 0 Å². The summed E-state index contributed by atoms with van der Waals surface area (Å²) < 4.78 is 11.4. The molecule has 5 aliphatic heterocycles. The van der Waals surface area contributed by atoms with E-state index in [9.17, 15) is 0 Å². The molecule has 22 heavy (non-hydrogen) atoms. The molecule has 0 radical (unpaired) electrons. The molecule has 4 unspecified atom stereocenters. The van der Waals surface area contributed by atoms with Gasteiger partial charge in [-0.1, -0.05) is 11.6 Å². The number of halogens is 1. The molecule has 6 heterocycles. The molecule has 1 aromatic rings. The summed E-state index contributed by atoms with van der Waals surface area (Å²) in [6.07, 6.45) is 4.23. The van der Waals surface area contributed by atoms with Crippen LogP contribution >= 0.6 is 11.6 Å². The zero-order valence-electron chi connectivity index (χ0n) is 12.3. The van der Waals surface area contributed by atoms with Gasteiger partial charge in [-0.3, -0.25) is 0 Å². The number of aromatic nitrogens is 2. The van der Waals surface area contributed by atoms with E-state index in [4.69, 9.17) is 21.1 Å². The van der Waals surface area contributed by atoms with Gasteiger partial charge in [-0.25, -0.2) is 0 Å². The van der Waals surface area contributed by atoms with Crippen LogP contribution in [0.1, 0.15) is 19.3 Å². The first-order valence-corrected chi connectivity index (χ1v) is 8.45. The third-order valence-corrected chi connectivity index (χ3v) is 5.59. The topological polar surface area (TPSA) is 50.7 Å². The molecule has 6 nitrogen and oxygen atoms in total. The van der Waals surface area contributed by atoms with E-state index in [1.807, 2.05) is 0 Å². The maximum atomic E-state index is 6.37.